The molecular formula is C14H20O16S3. The number of rotatable bonds is 15. The number of methoxy groups -OCH3 is 1. The molecule has 0 aliphatic rings. The molecule has 0 aliphatic heterocycles. The molecule has 0 aromatic heterocycles. The van der Waals surface area contributed by atoms with Crippen LogP contribution in [0.2, 0.25) is 0 Å². The molecule has 1 rings (SSSR count). The average molecular weight is 540 g/mol. The van der Waals surface area contributed by atoms with E-state index in [1.54, 1.807) is 0 Å². The van der Waals surface area contributed by atoms with Crippen molar-refractivity contribution in [3.8, 4) is 11.5 Å². The van der Waals surface area contributed by atoms with Crippen molar-refractivity contribution in [3.63, 3.8) is 0 Å². The van der Waals surface area contributed by atoms with E-state index in [2.05, 4.69) is 17.3 Å². The molecular weight excluding hydrogens is 520 g/mol. The summed E-state index contributed by atoms with van der Waals surface area (Å²) in [5.41, 5.74) is -0.217. The fraction of sp³-hybridized carbons (Fsp3) is 0.500. The lowest BCUT2D eigenvalue weighted by molar-refractivity contribution is 0.0576. The number of carbonyl (C=O) groups is 1. The van der Waals surface area contributed by atoms with E-state index in [1.807, 2.05) is 0 Å². The minimum absolute atomic E-state index is 0.0496. The highest BCUT2D eigenvalue weighted by atomic mass is 32.3. The van der Waals surface area contributed by atoms with E-state index >= 15 is 0 Å². The van der Waals surface area contributed by atoms with E-state index in [4.69, 9.17) is 23.1 Å². The summed E-state index contributed by atoms with van der Waals surface area (Å²) in [6, 6.07) is 3.67. The Morgan fingerprint density at radius 3 is 2.06 bits per heavy atom. The van der Waals surface area contributed by atoms with Gasteiger partial charge in [0.1, 0.15) is 29.8 Å². The van der Waals surface area contributed by atoms with Crippen LogP contribution in [0.5, 0.6) is 11.5 Å². The van der Waals surface area contributed by atoms with Gasteiger partial charge in [0.2, 0.25) is 0 Å². The highest BCUT2D eigenvalue weighted by Crippen LogP contribution is 2.26. The summed E-state index contributed by atoms with van der Waals surface area (Å²) in [5.74, 6) is -0.999. The van der Waals surface area contributed by atoms with Crippen LogP contribution in [0.3, 0.4) is 0 Å². The first-order valence-corrected chi connectivity index (χ1v) is 12.6. The molecule has 0 fully saturated rings. The Labute approximate surface area is 189 Å². The molecule has 16 nitrogen and oxygen atoms in total. The Balaban J connectivity index is 2.89. The zero-order valence-electron chi connectivity index (χ0n) is 16.7. The van der Waals surface area contributed by atoms with Crippen molar-refractivity contribution >= 4 is 37.2 Å². The van der Waals surface area contributed by atoms with Gasteiger partial charge in [-0.25, -0.2) is 17.3 Å². The number of benzene rings is 1. The standard InChI is InChI=1S/C14H20O16S3/c1-25-14(15)12-7-10(26-5-2-6-28-31(16,17)18)3-4-13(12)27-8-11(30-33(22,23)24)9-29-32(19,20)21/h3-4,7,11H,2,5-6,8-9H2,1H3,(H,16,17,18)(H,19,20,21)(H,22,23,24). The molecule has 1 unspecified atom stereocenters. The minimum Gasteiger partial charge on any atom is -0.493 e. The predicted molar refractivity (Wildman–Crippen MR) is 105 cm³/mol. The zero-order chi connectivity index (χ0) is 25.3. The molecule has 0 spiro atoms. The fourth-order valence-corrected chi connectivity index (χ4v) is 3.13. The summed E-state index contributed by atoms with van der Waals surface area (Å²) < 4.78 is 117. The van der Waals surface area contributed by atoms with Gasteiger partial charge >= 0.3 is 37.2 Å². The largest absolute Gasteiger partial charge is 0.493 e. The molecule has 0 saturated heterocycles. The van der Waals surface area contributed by atoms with Crippen LogP contribution in [-0.4, -0.2) is 84.5 Å². The highest BCUT2D eigenvalue weighted by Gasteiger charge is 2.23. The quantitative estimate of drug-likeness (QED) is 0.144. The van der Waals surface area contributed by atoms with Crippen LogP contribution in [0, 0.1) is 0 Å². The lowest BCUT2D eigenvalue weighted by atomic mass is 10.2. The Morgan fingerprint density at radius 1 is 0.879 bits per heavy atom. The molecule has 3 N–H and O–H groups in total. The summed E-state index contributed by atoms with van der Waals surface area (Å²) in [6.07, 6.45) is -1.71. The van der Waals surface area contributed by atoms with Gasteiger partial charge in [0.25, 0.3) is 0 Å². The molecule has 0 radical (unpaired) electrons. The van der Waals surface area contributed by atoms with Gasteiger partial charge in [-0.05, 0) is 18.2 Å². The molecule has 19 heteroatoms. The molecule has 33 heavy (non-hydrogen) atoms. The van der Waals surface area contributed by atoms with Crippen molar-refractivity contribution in [1.82, 2.24) is 0 Å². The smallest absolute Gasteiger partial charge is 0.397 e. The highest BCUT2D eigenvalue weighted by molar-refractivity contribution is 7.81. The lowest BCUT2D eigenvalue weighted by Gasteiger charge is -2.17. The van der Waals surface area contributed by atoms with Gasteiger partial charge in [0.05, 0.1) is 26.9 Å². The molecule has 1 aromatic carbocycles. The summed E-state index contributed by atoms with van der Waals surface area (Å²) in [7, 11) is -13.6. The molecule has 0 bridgehead atoms. The second-order valence-electron chi connectivity index (χ2n) is 5.77. The molecule has 0 saturated carbocycles. The maximum absolute atomic E-state index is 12.0. The maximum atomic E-state index is 12.0. The number of carbonyl (C=O) groups excluding carboxylic acids is 1. The second kappa shape index (κ2) is 12.4. The lowest BCUT2D eigenvalue weighted by Crippen LogP contribution is -2.31. The van der Waals surface area contributed by atoms with Crippen LogP contribution < -0.4 is 9.47 Å². The predicted octanol–water partition coefficient (Wildman–Crippen LogP) is -0.552. The van der Waals surface area contributed by atoms with Gasteiger partial charge in [0.15, 0.2) is 0 Å². The Morgan fingerprint density at radius 2 is 1.52 bits per heavy atom. The van der Waals surface area contributed by atoms with Gasteiger partial charge in [-0.3, -0.25) is 13.7 Å². The Hall–Kier alpha value is -2.10. The van der Waals surface area contributed by atoms with Crippen molar-refractivity contribution in [2.24, 2.45) is 0 Å². The molecule has 1 aromatic rings. The maximum Gasteiger partial charge on any atom is 0.397 e. The van der Waals surface area contributed by atoms with Crippen molar-refractivity contribution < 1.29 is 70.5 Å². The summed E-state index contributed by atoms with van der Waals surface area (Å²) in [5, 5.41) is 0. The summed E-state index contributed by atoms with van der Waals surface area (Å²) >= 11 is 0. The molecule has 0 heterocycles. The van der Waals surface area contributed by atoms with Crippen molar-refractivity contribution in [2.75, 3.05) is 33.5 Å². The third-order valence-corrected chi connectivity index (χ3v) is 4.65. The van der Waals surface area contributed by atoms with Gasteiger partial charge in [-0.2, -0.15) is 25.3 Å². The van der Waals surface area contributed by atoms with Gasteiger partial charge in [-0.1, -0.05) is 0 Å². The summed E-state index contributed by atoms with van der Waals surface area (Å²) in [6.45, 7) is -2.29. The Kier molecular flexibility index (Phi) is 10.9. The van der Waals surface area contributed by atoms with Crippen molar-refractivity contribution in [2.45, 2.75) is 12.5 Å². The van der Waals surface area contributed by atoms with Gasteiger partial charge in [-0.15, -0.1) is 0 Å². The van der Waals surface area contributed by atoms with Crippen LogP contribution in [0.4, 0.5) is 0 Å². The Bertz CT molecular complexity index is 1110. The number of ether oxygens (including phenoxy) is 3. The number of hydrogen-bond acceptors (Lipinski definition) is 13. The van der Waals surface area contributed by atoms with Crippen LogP contribution in [0.15, 0.2) is 18.2 Å². The van der Waals surface area contributed by atoms with Crippen LogP contribution in [0.1, 0.15) is 16.8 Å². The minimum atomic E-state index is -5.07. The first-order valence-electron chi connectivity index (χ1n) is 8.47. The van der Waals surface area contributed by atoms with Crippen LogP contribution in [0.25, 0.3) is 0 Å². The van der Waals surface area contributed by atoms with E-state index in [0.29, 0.717) is 0 Å². The number of hydrogen-bond donors (Lipinski definition) is 3. The topological polar surface area (TPSA) is 236 Å². The fourth-order valence-electron chi connectivity index (χ4n) is 2.03. The van der Waals surface area contributed by atoms with Gasteiger partial charge in [0, 0.05) is 6.42 Å². The van der Waals surface area contributed by atoms with Crippen molar-refractivity contribution in [3.05, 3.63) is 23.8 Å². The first-order chi connectivity index (χ1) is 15.1. The first kappa shape index (κ1) is 28.9. The third-order valence-electron chi connectivity index (χ3n) is 3.23. The van der Waals surface area contributed by atoms with Gasteiger partial charge < -0.3 is 14.2 Å². The second-order valence-corrected chi connectivity index (χ2v) is 9.00. The average Bonchev–Trinajstić information content (AvgIpc) is 2.67. The van der Waals surface area contributed by atoms with E-state index < -0.39 is 56.5 Å². The van der Waals surface area contributed by atoms with Crippen LogP contribution >= 0.6 is 0 Å². The third kappa shape index (κ3) is 13.3. The van der Waals surface area contributed by atoms with E-state index in [1.165, 1.54) is 12.1 Å². The normalized spacial score (nSPS) is 13.3. The molecule has 0 aliphatic carbocycles. The zero-order valence-corrected chi connectivity index (χ0v) is 19.2. The molecule has 1 atom stereocenters. The SMILES string of the molecule is COC(=O)c1cc(OCCCOS(=O)(=O)O)ccc1OCC(COS(=O)(=O)O)OS(=O)(=O)O. The number of esters is 1. The van der Waals surface area contributed by atoms with E-state index in [9.17, 15) is 30.0 Å². The molecule has 190 valence electrons. The van der Waals surface area contributed by atoms with E-state index in [-0.39, 0.29) is 36.7 Å². The summed E-state index contributed by atoms with van der Waals surface area (Å²) in [4.78, 5) is 12.0. The monoisotopic (exact) mass is 540 g/mol. The van der Waals surface area contributed by atoms with E-state index in [0.717, 1.165) is 13.2 Å². The van der Waals surface area contributed by atoms with Crippen molar-refractivity contribution in [1.29, 1.82) is 0 Å². The van der Waals surface area contributed by atoms with Crippen LogP contribution in [-0.2, 0) is 48.5 Å². The molecule has 0 amide bonds.